The highest BCUT2D eigenvalue weighted by molar-refractivity contribution is 7.89. The Morgan fingerprint density at radius 3 is 2.28 bits per heavy atom. The van der Waals surface area contributed by atoms with Crippen molar-refractivity contribution >= 4 is 10.0 Å². The minimum absolute atomic E-state index is 0.215. The number of ether oxygens (including phenoxy) is 1. The van der Waals surface area contributed by atoms with Crippen LogP contribution in [0.2, 0.25) is 0 Å². The average molecular weight is 418 g/mol. The number of nitrogens with zero attached hydrogens (tertiary/aromatic N) is 1. The molecule has 4 aliphatic rings. The molecule has 4 aliphatic heterocycles. The number of fused-ring (bicyclic) bond motifs is 9. The highest BCUT2D eigenvalue weighted by Crippen LogP contribution is 2.77. The molecule has 1 aromatic rings. The zero-order chi connectivity index (χ0) is 21.0. The molecule has 4 heterocycles. The van der Waals surface area contributed by atoms with Crippen LogP contribution in [0, 0.1) is 17.8 Å². The molecular formula is C22H27NO5S. The summed E-state index contributed by atoms with van der Waals surface area (Å²) in [5.41, 5.74) is -1.88. The minimum Gasteiger partial charge on any atom is -0.396 e. The Labute approximate surface area is 171 Å². The third kappa shape index (κ3) is 1.71. The summed E-state index contributed by atoms with van der Waals surface area (Å²) >= 11 is 0. The molecule has 0 saturated carbocycles. The fourth-order valence-electron chi connectivity index (χ4n) is 6.86. The van der Waals surface area contributed by atoms with Crippen molar-refractivity contribution < 1.29 is 23.4 Å². The van der Waals surface area contributed by atoms with E-state index in [1.807, 2.05) is 45.9 Å². The Morgan fingerprint density at radius 1 is 1.07 bits per heavy atom. The van der Waals surface area contributed by atoms with Gasteiger partial charge in [-0.1, -0.05) is 35.9 Å². The van der Waals surface area contributed by atoms with Crippen LogP contribution < -0.4 is 0 Å². The van der Waals surface area contributed by atoms with Gasteiger partial charge in [0.2, 0.25) is 10.0 Å². The van der Waals surface area contributed by atoms with Crippen molar-refractivity contribution in [3.05, 3.63) is 53.6 Å². The van der Waals surface area contributed by atoms with Gasteiger partial charge in [0.05, 0.1) is 52.2 Å². The molecular weight excluding hydrogens is 390 g/mol. The van der Waals surface area contributed by atoms with Gasteiger partial charge in [-0.05, 0) is 45.4 Å². The van der Waals surface area contributed by atoms with Gasteiger partial charge >= 0.3 is 0 Å². The van der Waals surface area contributed by atoms with Crippen molar-refractivity contribution in [2.75, 3.05) is 13.2 Å². The lowest BCUT2D eigenvalue weighted by atomic mass is 9.46. The van der Waals surface area contributed by atoms with Gasteiger partial charge in [-0.25, -0.2) is 8.42 Å². The van der Waals surface area contributed by atoms with E-state index in [1.165, 1.54) is 4.31 Å². The Hall–Kier alpha value is -1.51. The SMILES string of the molecule is CC1=C[C@H]2O[C@]1(C)[C@]1(CO)[C@H]3C=C[C@](C)(N3S(=O)(=O)c3ccc(C)cc3)[C@]21CO. The van der Waals surface area contributed by atoms with Crippen LogP contribution in [-0.2, 0) is 14.8 Å². The molecule has 0 spiro atoms. The van der Waals surface area contributed by atoms with Crippen molar-refractivity contribution in [3.63, 3.8) is 0 Å². The molecule has 2 N–H and O–H groups in total. The predicted molar refractivity (Wildman–Crippen MR) is 108 cm³/mol. The predicted octanol–water partition coefficient (Wildman–Crippen LogP) is 1.77. The summed E-state index contributed by atoms with van der Waals surface area (Å²) in [6.07, 6.45) is 5.27. The summed E-state index contributed by atoms with van der Waals surface area (Å²) in [6.45, 7) is 7.07. The van der Waals surface area contributed by atoms with Crippen molar-refractivity contribution in [1.82, 2.24) is 4.31 Å². The Morgan fingerprint density at radius 2 is 1.69 bits per heavy atom. The van der Waals surface area contributed by atoms with Crippen LogP contribution in [0.4, 0.5) is 0 Å². The maximum absolute atomic E-state index is 13.8. The third-order valence-electron chi connectivity index (χ3n) is 8.45. The van der Waals surface area contributed by atoms with Gasteiger partial charge in [-0.3, -0.25) is 0 Å². The van der Waals surface area contributed by atoms with E-state index in [0.717, 1.165) is 11.1 Å². The zero-order valence-corrected chi connectivity index (χ0v) is 17.9. The number of aliphatic hydroxyl groups is 2. The maximum Gasteiger partial charge on any atom is 0.244 e. The maximum atomic E-state index is 13.8. The largest absolute Gasteiger partial charge is 0.396 e. The monoisotopic (exact) mass is 417 g/mol. The summed E-state index contributed by atoms with van der Waals surface area (Å²) < 4.78 is 35.6. The zero-order valence-electron chi connectivity index (χ0n) is 17.1. The molecule has 29 heavy (non-hydrogen) atoms. The summed E-state index contributed by atoms with van der Waals surface area (Å²) in [7, 11) is -3.88. The highest BCUT2D eigenvalue weighted by Gasteiger charge is 2.88. The molecule has 7 heteroatoms. The Bertz CT molecular complexity index is 1060. The van der Waals surface area contributed by atoms with Gasteiger partial charge in [-0.15, -0.1) is 0 Å². The number of benzene rings is 1. The smallest absolute Gasteiger partial charge is 0.244 e. The molecule has 0 unspecified atom stereocenters. The molecule has 6 atom stereocenters. The quantitative estimate of drug-likeness (QED) is 0.729. The summed E-state index contributed by atoms with van der Waals surface area (Å²) in [5, 5.41) is 21.5. The summed E-state index contributed by atoms with van der Waals surface area (Å²) in [4.78, 5) is 0.215. The molecule has 2 fully saturated rings. The van der Waals surface area contributed by atoms with E-state index >= 15 is 0 Å². The number of hydrogen-bond donors (Lipinski definition) is 2. The lowest BCUT2D eigenvalue weighted by Gasteiger charge is -2.54. The van der Waals surface area contributed by atoms with Gasteiger partial charge in [-0.2, -0.15) is 4.31 Å². The minimum atomic E-state index is -3.88. The Kier molecular flexibility index (Phi) is 3.62. The van der Waals surface area contributed by atoms with Crippen LogP contribution in [0.5, 0.6) is 0 Å². The highest BCUT2D eigenvalue weighted by atomic mass is 32.2. The molecule has 2 saturated heterocycles. The second-order valence-electron chi connectivity index (χ2n) is 9.25. The molecule has 0 aromatic heterocycles. The van der Waals surface area contributed by atoms with Crippen LogP contribution in [0.15, 0.2) is 53.0 Å². The molecule has 0 aliphatic carbocycles. The van der Waals surface area contributed by atoms with E-state index in [-0.39, 0.29) is 18.1 Å². The normalized spacial score (nSPS) is 45.1. The van der Waals surface area contributed by atoms with Gasteiger partial charge in [0.25, 0.3) is 0 Å². The third-order valence-corrected chi connectivity index (χ3v) is 10.4. The molecule has 5 rings (SSSR count). The lowest BCUT2D eigenvalue weighted by Crippen LogP contribution is -2.65. The van der Waals surface area contributed by atoms with Crippen LogP contribution in [-0.4, -0.2) is 59.4 Å². The van der Waals surface area contributed by atoms with E-state index in [2.05, 4.69) is 0 Å². The second kappa shape index (κ2) is 5.39. The van der Waals surface area contributed by atoms with E-state index in [0.29, 0.717) is 0 Å². The molecule has 0 radical (unpaired) electrons. The van der Waals surface area contributed by atoms with Crippen LogP contribution >= 0.6 is 0 Å². The van der Waals surface area contributed by atoms with Gasteiger partial charge in [0, 0.05) is 0 Å². The molecule has 0 amide bonds. The number of hydrogen-bond acceptors (Lipinski definition) is 5. The van der Waals surface area contributed by atoms with Crippen LogP contribution in [0.1, 0.15) is 26.3 Å². The van der Waals surface area contributed by atoms with E-state index < -0.39 is 44.1 Å². The van der Waals surface area contributed by atoms with Gasteiger partial charge in [0.15, 0.2) is 0 Å². The van der Waals surface area contributed by atoms with Crippen molar-refractivity contribution in [1.29, 1.82) is 0 Å². The van der Waals surface area contributed by atoms with Gasteiger partial charge < -0.3 is 14.9 Å². The molecule has 6 nitrogen and oxygen atoms in total. The van der Waals surface area contributed by atoms with Gasteiger partial charge in [0.1, 0.15) is 0 Å². The number of aliphatic hydroxyl groups excluding tert-OH is 2. The number of rotatable bonds is 4. The average Bonchev–Trinajstić information content (AvgIpc) is 3.31. The first-order valence-corrected chi connectivity index (χ1v) is 11.4. The molecule has 1 aromatic carbocycles. The van der Waals surface area contributed by atoms with E-state index in [4.69, 9.17) is 4.74 Å². The molecule has 4 bridgehead atoms. The van der Waals surface area contributed by atoms with Crippen molar-refractivity contribution in [3.8, 4) is 0 Å². The van der Waals surface area contributed by atoms with E-state index in [1.54, 1.807) is 24.3 Å². The van der Waals surface area contributed by atoms with Crippen LogP contribution in [0.3, 0.4) is 0 Å². The fraction of sp³-hybridized carbons (Fsp3) is 0.545. The number of aryl methyl sites for hydroxylation is 1. The molecule has 156 valence electrons. The summed E-state index contributed by atoms with van der Waals surface area (Å²) in [6, 6.07) is 6.19. The van der Waals surface area contributed by atoms with Crippen molar-refractivity contribution in [2.45, 2.75) is 55.9 Å². The van der Waals surface area contributed by atoms with E-state index in [9.17, 15) is 18.6 Å². The first-order valence-electron chi connectivity index (χ1n) is 9.96. The second-order valence-corrected chi connectivity index (χ2v) is 11.1. The topological polar surface area (TPSA) is 87.1 Å². The number of sulfonamides is 1. The standard InChI is InChI=1S/C22H27NO5S/c1-14-5-7-16(8-6-14)29(26,27)23-17-9-10-19(23,3)22(13-25)18-11-15(2)20(4,28-18)21(17,22)12-24/h5-11,17-18,24-25H,12-13H2,1-4H3/t17-,18-,19+,20+,21+,22+/m1/s1. The van der Waals surface area contributed by atoms with Crippen molar-refractivity contribution in [2.24, 2.45) is 10.8 Å². The summed E-state index contributed by atoms with van der Waals surface area (Å²) in [5.74, 6) is 0. The Balaban J connectivity index is 1.77. The lowest BCUT2D eigenvalue weighted by molar-refractivity contribution is -0.0725. The first-order chi connectivity index (χ1) is 13.6. The van der Waals surface area contributed by atoms with Crippen LogP contribution in [0.25, 0.3) is 0 Å². The fourth-order valence-corrected chi connectivity index (χ4v) is 8.84. The first kappa shape index (κ1) is 19.5.